The molecular weight excluding hydrogens is 378 g/mol. The molecule has 0 aliphatic rings. The van der Waals surface area contributed by atoms with Gasteiger partial charge in [0.1, 0.15) is 0 Å². The fraction of sp³-hybridized carbons (Fsp3) is 0.0500. The number of carbonyl (C=O) groups excluding carboxylic acids is 2. The van der Waals surface area contributed by atoms with Crippen LogP contribution >= 0.6 is 23.1 Å². The number of amides is 2. The predicted molar refractivity (Wildman–Crippen MR) is 112 cm³/mol. The molecule has 1 aromatic heterocycles. The fourth-order valence-electron chi connectivity index (χ4n) is 2.14. The van der Waals surface area contributed by atoms with E-state index in [1.807, 2.05) is 60.0 Å². The summed E-state index contributed by atoms with van der Waals surface area (Å²) < 4.78 is 0. The lowest BCUT2D eigenvalue weighted by Crippen LogP contribution is -2.13. The maximum atomic E-state index is 12.0. The van der Waals surface area contributed by atoms with E-state index in [4.69, 9.17) is 0 Å². The average molecular weight is 396 g/mol. The van der Waals surface area contributed by atoms with Crippen LogP contribution in [0.5, 0.6) is 0 Å². The quantitative estimate of drug-likeness (QED) is 0.456. The largest absolute Gasteiger partial charge is 0.323 e. The molecule has 2 N–H and O–H groups in total. The van der Waals surface area contributed by atoms with Gasteiger partial charge in [-0.15, -0.1) is 23.1 Å². The first-order chi connectivity index (χ1) is 13.2. The summed E-state index contributed by atoms with van der Waals surface area (Å²) in [5.41, 5.74) is 1.67. The molecule has 136 valence electrons. The molecule has 3 aromatic rings. The van der Waals surface area contributed by atoms with Crippen LogP contribution in [-0.2, 0) is 9.59 Å². The lowest BCUT2D eigenvalue weighted by atomic mass is 10.2. The van der Waals surface area contributed by atoms with E-state index in [1.165, 1.54) is 29.2 Å². The molecule has 0 bridgehead atoms. The van der Waals surface area contributed by atoms with Crippen molar-refractivity contribution in [1.29, 1.82) is 0 Å². The van der Waals surface area contributed by atoms with E-state index in [9.17, 15) is 9.59 Å². The standard InChI is InChI=1S/C20H17N3O2S2/c24-18(11-6-15-4-2-1-3-5-15)22-16-7-9-17(10-8-16)27-14-19(25)23-20-21-12-13-26-20/h1-13H,14H2,(H,22,24)(H,21,23,25)/b11-6+. The van der Waals surface area contributed by atoms with Crippen LogP contribution in [0.2, 0.25) is 0 Å². The minimum absolute atomic E-state index is 0.0987. The topological polar surface area (TPSA) is 71.1 Å². The second-order valence-corrected chi connectivity index (χ2v) is 7.38. The molecule has 2 amide bonds. The highest BCUT2D eigenvalue weighted by atomic mass is 32.2. The van der Waals surface area contributed by atoms with Crippen molar-refractivity contribution in [3.05, 3.63) is 77.8 Å². The zero-order chi connectivity index (χ0) is 18.9. The first-order valence-corrected chi connectivity index (χ1v) is 10.0. The summed E-state index contributed by atoms with van der Waals surface area (Å²) in [5.74, 6) is 0.00548. The van der Waals surface area contributed by atoms with Crippen molar-refractivity contribution in [2.45, 2.75) is 4.90 Å². The van der Waals surface area contributed by atoms with Gasteiger partial charge in [0.25, 0.3) is 0 Å². The van der Waals surface area contributed by atoms with E-state index >= 15 is 0 Å². The van der Waals surface area contributed by atoms with E-state index in [0.29, 0.717) is 16.6 Å². The Kier molecular flexibility index (Phi) is 6.78. The molecule has 0 saturated carbocycles. The van der Waals surface area contributed by atoms with Crippen molar-refractivity contribution in [3.63, 3.8) is 0 Å². The number of rotatable bonds is 7. The summed E-state index contributed by atoms with van der Waals surface area (Å²) in [6.07, 6.45) is 4.91. The zero-order valence-electron chi connectivity index (χ0n) is 14.3. The summed E-state index contributed by atoms with van der Waals surface area (Å²) in [6, 6.07) is 17.0. The lowest BCUT2D eigenvalue weighted by molar-refractivity contribution is -0.114. The van der Waals surface area contributed by atoms with Crippen molar-refractivity contribution in [2.75, 3.05) is 16.4 Å². The van der Waals surface area contributed by atoms with Gasteiger partial charge in [0.2, 0.25) is 11.8 Å². The van der Waals surface area contributed by atoms with Crippen LogP contribution in [0.15, 0.2) is 77.1 Å². The highest BCUT2D eigenvalue weighted by Gasteiger charge is 2.05. The zero-order valence-corrected chi connectivity index (χ0v) is 15.9. The molecule has 1 heterocycles. The molecule has 2 aromatic carbocycles. The summed E-state index contributed by atoms with van der Waals surface area (Å²) in [4.78, 5) is 28.8. The van der Waals surface area contributed by atoms with E-state index in [1.54, 1.807) is 12.3 Å². The molecule has 5 nitrogen and oxygen atoms in total. The third kappa shape index (κ3) is 6.40. The normalized spacial score (nSPS) is 10.7. The summed E-state index contributed by atoms with van der Waals surface area (Å²) >= 11 is 2.81. The van der Waals surface area contributed by atoms with Gasteiger partial charge < -0.3 is 10.6 Å². The number of nitrogens with zero attached hydrogens (tertiary/aromatic N) is 1. The number of hydrogen-bond acceptors (Lipinski definition) is 5. The summed E-state index contributed by atoms with van der Waals surface area (Å²) in [6.45, 7) is 0. The lowest BCUT2D eigenvalue weighted by Gasteiger charge is -2.05. The molecule has 27 heavy (non-hydrogen) atoms. The maximum absolute atomic E-state index is 12.0. The fourth-order valence-corrected chi connectivity index (χ4v) is 3.39. The monoisotopic (exact) mass is 395 g/mol. The van der Waals surface area contributed by atoms with Crippen LogP contribution in [-0.4, -0.2) is 22.6 Å². The van der Waals surface area contributed by atoms with Gasteiger partial charge in [-0.1, -0.05) is 30.3 Å². The Labute approximate surface area is 165 Å². The summed E-state index contributed by atoms with van der Waals surface area (Å²) in [5, 5.41) is 7.96. The average Bonchev–Trinajstić information content (AvgIpc) is 3.20. The van der Waals surface area contributed by atoms with Crippen molar-refractivity contribution in [1.82, 2.24) is 4.98 Å². The molecule has 0 aliphatic carbocycles. The predicted octanol–water partition coefficient (Wildman–Crippen LogP) is 4.53. The Morgan fingerprint density at radius 3 is 2.52 bits per heavy atom. The van der Waals surface area contributed by atoms with Crippen LogP contribution in [0, 0.1) is 0 Å². The molecule has 0 unspecified atom stereocenters. The Morgan fingerprint density at radius 2 is 1.81 bits per heavy atom. The Balaban J connectivity index is 1.46. The van der Waals surface area contributed by atoms with E-state index < -0.39 is 0 Å². The molecule has 0 spiro atoms. The third-order valence-corrected chi connectivity index (χ3v) is 5.10. The van der Waals surface area contributed by atoms with Gasteiger partial charge in [-0.3, -0.25) is 9.59 Å². The first-order valence-electron chi connectivity index (χ1n) is 8.15. The van der Waals surface area contributed by atoms with Gasteiger partial charge in [0.05, 0.1) is 5.75 Å². The Morgan fingerprint density at radius 1 is 1.04 bits per heavy atom. The molecule has 0 saturated heterocycles. The number of hydrogen-bond donors (Lipinski definition) is 2. The van der Waals surface area contributed by atoms with Crippen molar-refractivity contribution < 1.29 is 9.59 Å². The minimum atomic E-state index is -0.193. The van der Waals surface area contributed by atoms with Gasteiger partial charge >= 0.3 is 0 Å². The van der Waals surface area contributed by atoms with Crippen LogP contribution in [0.25, 0.3) is 6.08 Å². The second-order valence-electron chi connectivity index (χ2n) is 5.43. The minimum Gasteiger partial charge on any atom is -0.323 e. The first kappa shape index (κ1) is 18.9. The molecule has 0 fully saturated rings. The number of aromatic nitrogens is 1. The highest BCUT2D eigenvalue weighted by Crippen LogP contribution is 2.21. The molecule has 3 rings (SSSR count). The van der Waals surface area contributed by atoms with Crippen LogP contribution in [0.1, 0.15) is 5.56 Å². The van der Waals surface area contributed by atoms with Gasteiger partial charge in [-0.25, -0.2) is 4.98 Å². The number of benzene rings is 2. The van der Waals surface area contributed by atoms with Gasteiger partial charge in [-0.05, 0) is 35.9 Å². The number of anilines is 2. The number of thiazole rings is 1. The highest BCUT2D eigenvalue weighted by molar-refractivity contribution is 8.00. The molecule has 0 aliphatic heterocycles. The van der Waals surface area contributed by atoms with Gasteiger partial charge in [-0.2, -0.15) is 0 Å². The van der Waals surface area contributed by atoms with Crippen LogP contribution in [0.3, 0.4) is 0 Å². The number of thioether (sulfide) groups is 1. The molecule has 0 atom stereocenters. The van der Waals surface area contributed by atoms with Crippen molar-refractivity contribution in [3.8, 4) is 0 Å². The van der Waals surface area contributed by atoms with Crippen molar-refractivity contribution in [2.24, 2.45) is 0 Å². The maximum Gasteiger partial charge on any atom is 0.248 e. The molecular formula is C20H17N3O2S2. The Bertz CT molecular complexity index is 908. The third-order valence-electron chi connectivity index (χ3n) is 3.40. The van der Waals surface area contributed by atoms with Gasteiger partial charge in [0, 0.05) is 28.2 Å². The Hall–Kier alpha value is -2.90. The van der Waals surface area contributed by atoms with E-state index in [2.05, 4.69) is 15.6 Å². The van der Waals surface area contributed by atoms with Crippen LogP contribution in [0.4, 0.5) is 10.8 Å². The van der Waals surface area contributed by atoms with Gasteiger partial charge in [0.15, 0.2) is 5.13 Å². The number of carbonyl (C=O) groups is 2. The smallest absolute Gasteiger partial charge is 0.248 e. The van der Waals surface area contributed by atoms with Crippen molar-refractivity contribution >= 4 is 51.8 Å². The molecule has 0 radical (unpaired) electrons. The molecule has 7 heteroatoms. The SMILES string of the molecule is O=C(/C=C/c1ccccc1)Nc1ccc(SCC(=O)Nc2nccs2)cc1. The van der Waals surface area contributed by atoms with E-state index in [0.717, 1.165) is 10.5 Å². The summed E-state index contributed by atoms with van der Waals surface area (Å²) in [7, 11) is 0. The number of nitrogens with one attached hydrogen (secondary N) is 2. The van der Waals surface area contributed by atoms with E-state index in [-0.39, 0.29) is 11.8 Å². The second kappa shape index (κ2) is 9.70. The van der Waals surface area contributed by atoms with Crippen LogP contribution < -0.4 is 10.6 Å².